The lowest BCUT2D eigenvalue weighted by Gasteiger charge is -2.36. The van der Waals surface area contributed by atoms with Gasteiger partial charge in [0, 0.05) is 49.9 Å². The molecule has 1 aliphatic heterocycles. The zero-order chi connectivity index (χ0) is 17.5. The van der Waals surface area contributed by atoms with Gasteiger partial charge in [0.15, 0.2) is 5.13 Å². The molecule has 7 heteroatoms. The third-order valence-electron chi connectivity index (χ3n) is 5.42. The van der Waals surface area contributed by atoms with Gasteiger partial charge in [0.25, 0.3) is 0 Å². The van der Waals surface area contributed by atoms with Gasteiger partial charge in [-0.3, -0.25) is 0 Å². The lowest BCUT2D eigenvalue weighted by molar-refractivity contribution is 0.345. The second-order valence-corrected chi connectivity index (χ2v) is 8.18. The summed E-state index contributed by atoms with van der Waals surface area (Å²) in [4.78, 5) is 18.5. The summed E-state index contributed by atoms with van der Waals surface area (Å²) in [7, 11) is 0. The van der Waals surface area contributed by atoms with Crippen LogP contribution in [0.4, 0.5) is 10.9 Å². The molecule has 0 bridgehead atoms. The number of fused-ring (bicyclic) bond motifs is 1. The smallest absolute Gasteiger partial charge is 0.186 e. The minimum Gasteiger partial charge on any atom is -0.353 e. The van der Waals surface area contributed by atoms with Gasteiger partial charge in [0.2, 0.25) is 0 Å². The molecule has 2 aliphatic rings. The molecule has 0 spiro atoms. The van der Waals surface area contributed by atoms with Crippen LogP contribution in [0.1, 0.15) is 24.5 Å². The Hall–Kier alpha value is -2.25. The summed E-state index contributed by atoms with van der Waals surface area (Å²) in [5.41, 5.74) is 8.16. The maximum Gasteiger partial charge on any atom is 0.186 e. The van der Waals surface area contributed by atoms with Crippen molar-refractivity contribution in [2.45, 2.75) is 24.8 Å². The number of anilines is 2. The third-order valence-corrected chi connectivity index (χ3v) is 6.52. The van der Waals surface area contributed by atoms with E-state index in [1.165, 1.54) is 4.70 Å². The molecule has 0 radical (unpaired) electrons. The highest BCUT2D eigenvalue weighted by molar-refractivity contribution is 7.22. The highest BCUT2D eigenvalue weighted by Crippen LogP contribution is 2.35. The fourth-order valence-corrected chi connectivity index (χ4v) is 4.80. The molecule has 1 saturated carbocycles. The molecule has 0 atom stereocenters. The largest absolute Gasteiger partial charge is 0.353 e. The Morgan fingerprint density at radius 3 is 2.54 bits per heavy atom. The predicted octanol–water partition coefficient (Wildman–Crippen LogP) is 2.62. The zero-order valence-corrected chi connectivity index (χ0v) is 15.4. The number of benzene rings is 1. The second-order valence-electron chi connectivity index (χ2n) is 7.17. The summed E-state index contributed by atoms with van der Waals surface area (Å²) >= 11 is 1.78. The predicted molar refractivity (Wildman–Crippen MR) is 106 cm³/mol. The first-order valence-electron chi connectivity index (χ1n) is 9.19. The van der Waals surface area contributed by atoms with Gasteiger partial charge in [-0.25, -0.2) is 15.0 Å². The van der Waals surface area contributed by atoms with Gasteiger partial charge in [-0.15, -0.1) is 0 Å². The van der Waals surface area contributed by atoms with Crippen molar-refractivity contribution in [2.24, 2.45) is 5.73 Å². The molecule has 3 heterocycles. The lowest BCUT2D eigenvalue weighted by atomic mass is 9.78. The SMILES string of the molecule is NC1CC(c2cc(N3CCN(c4nc5ccccc5s4)CC3)ncn2)C1. The van der Waals surface area contributed by atoms with Gasteiger partial charge in [-0.1, -0.05) is 23.5 Å². The molecule has 1 saturated heterocycles. The number of rotatable bonds is 3. The third kappa shape index (κ3) is 2.91. The van der Waals surface area contributed by atoms with Crippen LogP contribution >= 0.6 is 11.3 Å². The van der Waals surface area contributed by atoms with Crippen molar-refractivity contribution in [3.8, 4) is 0 Å². The van der Waals surface area contributed by atoms with Crippen molar-refractivity contribution < 1.29 is 0 Å². The van der Waals surface area contributed by atoms with Crippen LogP contribution in [-0.4, -0.2) is 47.2 Å². The number of nitrogens with zero attached hydrogens (tertiary/aromatic N) is 5. The molecule has 26 heavy (non-hydrogen) atoms. The summed E-state index contributed by atoms with van der Waals surface area (Å²) in [6, 6.07) is 10.8. The van der Waals surface area contributed by atoms with Gasteiger partial charge in [-0.2, -0.15) is 0 Å². The van der Waals surface area contributed by atoms with Gasteiger partial charge in [0.05, 0.1) is 10.2 Å². The fraction of sp³-hybridized carbons (Fsp3) is 0.421. The molecular formula is C19H22N6S. The van der Waals surface area contributed by atoms with Gasteiger partial charge >= 0.3 is 0 Å². The van der Waals surface area contributed by atoms with Gasteiger partial charge < -0.3 is 15.5 Å². The summed E-state index contributed by atoms with van der Waals surface area (Å²) in [5.74, 6) is 1.55. The number of nitrogens with two attached hydrogens (primary N) is 1. The van der Waals surface area contributed by atoms with E-state index in [9.17, 15) is 0 Å². The van der Waals surface area contributed by atoms with Crippen LogP contribution in [0.25, 0.3) is 10.2 Å². The van der Waals surface area contributed by atoms with E-state index in [0.29, 0.717) is 12.0 Å². The van der Waals surface area contributed by atoms with Gasteiger partial charge in [-0.05, 0) is 25.0 Å². The Labute approximate surface area is 156 Å². The zero-order valence-electron chi connectivity index (χ0n) is 14.6. The van der Waals surface area contributed by atoms with E-state index in [4.69, 9.17) is 10.7 Å². The molecular weight excluding hydrogens is 344 g/mol. The quantitative estimate of drug-likeness (QED) is 0.768. The molecule has 6 nitrogen and oxygen atoms in total. The van der Waals surface area contributed by atoms with Crippen LogP contribution in [0.3, 0.4) is 0 Å². The average Bonchev–Trinajstić information content (AvgIpc) is 3.10. The summed E-state index contributed by atoms with van der Waals surface area (Å²) < 4.78 is 1.25. The highest BCUT2D eigenvalue weighted by atomic mass is 32.1. The molecule has 5 rings (SSSR count). The van der Waals surface area contributed by atoms with E-state index >= 15 is 0 Å². The van der Waals surface area contributed by atoms with Gasteiger partial charge in [0.1, 0.15) is 12.1 Å². The molecule has 1 aromatic carbocycles. The summed E-state index contributed by atoms with van der Waals surface area (Å²) in [6.45, 7) is 3.84. The van der Waals surface area contributed by atoms with Crippen LogP contribution in [0.15, 0.2) is 36.7 Å². The number of para-hydroxylation sites is 1. The molecule has 2 N–H and O–H groups in total. The van der Waals surface area contributed by atoms with E-state index in [1.807, 2.05) is 6.07 Å². The molecule has 134 valence electrons. The Balaban J connectivity index is 1.27. The molecule has 2 fully saturated rings. The Morgan fingerprint density at radius 1 is 1.00 bits per heavy atom. The average molecular weight is 366 g/mol. The van der Waals surface area contributed by atoms with Crippen LogP contribution in [0.5, 0.6) is 0 Å². The Bertz CT molecular complexity index is 878. The van der Waals surface area contributed by atoms with Crippen molar-refractivity contribution in [3.05, 3.63) is 42.4 Å². The van der Waals surface area contributed by atoms with Crippen molar-refractivity contribution in [1.82, 2.24) is 15.0 Å². The first-order chi connectivity index (χ1) is 12.8. The van der Waals surface area contributed by atoms with Crippen molar-refractivity contribution in [2.75, 3.05) is 36.0 Å². The Morgan fingerprint density at radius 2 is 1.77 bits per heavy atom. The van der Waals surface area contributed by atoms with E-state index in [0.717, 1.165) is 61.2 Å². The molecule has 1 aliphatic carbocycles. The van der Waals surface area contributed by atoms with E-state index < -0.39 is 0 Å². The summed E-state index contributed by atoms with van der Waals surface area (Å²) in [5, 5.41) is 1.12. The Kier molecular flexibility index (Phi) is 3.98. The molecule has 0 unspecified atom stereocenters. The molecule has 3 aromatic rings. The monoisotopic (exact) mass is 366 g/mol. The number of piperazine rings is 1. The number of thiazole rings is 1. The minimum absolute atomic E-state index is 0.343. The van der Waals surface area contributed by atoms with Crippen molar-refractivity contribution in [1.29, 1.82) is 0 Å². The maximum absolute atomic E-state index is 5.92. The first kappa shape index (κ1) is 16.0. The standard InChI is InChI=1S/C19H22N6S/c20-14-9-13(10-14)16-11-18(22-12-21-16)24-5-7-25(8-6-24)19-23-15-3-1-2-4-17(15)26-19/h1-4,11-14H,5-10,20H2. The number of hydrogen-bond acceptors (Lipinski definition) is 7. The second kappa shape index (κ2) is 6.48. The lowest BCUT2D eigenvalue weighted by Crippen LogP contribution is -2.47. The highest BCUT2D eigenvalue weighted by Gasteiger charge is 2.29. The van der Waals surface area contributed by atoms with Crippen LogP contribution < -0.4 is 15.5 Å². The van der Waals surface area contributed by atoms with Crippen molar-refractivity contribution >= 4 is 32.5 Å². The van der Waals surface area contributed by atoms with Crippen molar-refractivity contribution in [3.63, 3.8) is 0 Å². The number of hydrogen-bond donors (Lipinski definition) is 1. The normalized spacial score (nSPS) is 23.3. The molecule has 0 amide bonds. The van der Waals surface area contributed by atoms with Crippen LogP contribution in [-0.2, 0) is 0 Å². The summed E-state index contributed by atoms with van der Waals surface area (Å²) in [6.07, 6.45) is 3.79. The number of aromatic nitrogens is 3. The van der Waals surface area contributed by atoms with E-state index in [2.05, 4.69) is 44.0 Å². The minimum atomic E-state index is 0.343. The molecule has 2 aromatic heterocycles. The van der Waals surface area contributed by atoms with Crippen LogP contribution in [0, 0.1) is 0 Å². The van der Waals surface area contributed by atoms with E-state index in [1.54, 1.807) is 17.7 Å². The maximum atomic E-state index is 5.92. The first-order valence-corrected chi connectivity index (χ1v) is 10.0. The van der Waals surface area contributed by atoms with E-state index in [-0.39, 0.29) is 0 Å². The topological polar surface area (TPSA) is 71.2 Å². The fourth-order valence-electron chi connectivity index (χ4n) is 3.78. The van der Waals surface area contributed by atoms with Crippen LogP contribution in [0.2, 0.25) is 0 Å².